The van der Waals surface area contributed by atoms with E-state index in [1.807, 2.05) is 51.1 Å². The topological polar surface area (TPSA) is 65.7 Å². The van der Waals surface area contributed by atoms with E-state index in [1.54, 1.807) is 24.4 Å². The molecule has 6 nitrogen and oxygen atoms in total. The number of rotatable bonds is 9. The van der Waals surface area contributed by atoms with Crippen molar-refractivity contribution in [2.24, 2.45) is 5.10 Å². The van der Waals surface area contributed by atoms with Crippen molar-refractivity contribution in [2.75, 3.05) is 6.61 Å². The number of nitrogens with zero attached hydrogens (tertiary/aromatic N) is 3. The first-order valence-corrected chi connectivity index (χ1v) is 13.4. The Bertz CT molecular complexity index is 1540. The lowest BCUT2D eigenvalue weighted by molar-refractivity contribution is 0.217. The van der Waals surface area contributed by atoms with E-state index in [0.717, 1.165) is 28.9 Å². The van der Waals surface area contributed by atoms with Crippen LogP contribution in [0.25, 0.3) is 22.3 Å². The highest BCUT2D eigenvalue weighted by molar-refractivity contribution is 6.30. The number of benzene rings is 3. The summed E-state index contributed by atoms with van der Waals surface area (Å²) < 4.78 is 13.4. The normalized spacial score (nSPS) is 12.4. The van der Waals surface area contributed by atoms with Crippen molar-refractivity contribution in [3.8, 4) is 22.9 Å². The van der Waals surface area contributed by atoms with Gasteiger partial charge in [-0.3, -0.25) is 4.79 Å². The first-order valence-electron chi connectivity index (χ1n) is 13.0. The maximum Gasteiger partial charge on any atom is 0.282 e. The molecule has 4 rings (SSSR count). The molecule has 7 heteroatoms. The number of aromatic nitrogens is 2. The van der Waals surface area contributed by atoms with Gasteiger partial charge in [-0.1, -0.05) is 44.5 Å². The van der Waals surface area contributed by atoms with Crippen molar-refractivity contribution in [1.29, 1.82) is 0 Å². The largest absolute Gasteiger partial charge is 0.494 e. The van der Waals surface area contributed by atoms with Gasteiger partial charge in [0.1, 0.15) is 11.5 Å². The van der Waals surface area contributed by atoms with E-state index < -0.39 is 0 Å². The van der Waals surface area contributed by atoms with Crippen LogP contribution in [0.2, 0.25) is 5.02 Å². The van der Waals surface area contributed by atoms with E-state index in [0.29, 0.717) is 39.7 Å². The Balaban J connectivity index is 1.95. The van der Waals surface area contributed by atoms with Gasteiger partial charge in [0.2, 0.25) is 0 Å². The third-order valence-electron chi connectivity index (χ3n) is 6.46. The van der Waals surface area contributed by atoms with Crippen LogP contribution in [-0.4, -0.2) is 28.6 Å². The molecule has 1 heterocycles. The fourth-order valence-electron chi connectivity index (χ4n) is 4.22. The molecular weight excluding hydrogens is 498 g/mol. The van der Waals surface area contributed by atoms with Gasteiger partial charge < -0.3 is 9.47 Å². The summed E-state index contributed by atoms with van der Waals surface area (Å²) in [5.41, 5.74) is 3.83. The van der Waals surface area contributed by atoms with Gasteiger partial charge >= 0.3 is 0 Å². The molecular formula is C31H34ClN3O3. The third kappa shape index (κ3) is 5.76. The first kappa shape index (κ1) is 27.4. The second kappa shape index (κ2) is 11.8. The first-order chi connectivity index (χ1) is 18.2. The number of fused-ring (bicyclic) bond motifs is 1. The van der Waals surface area contributed by atoms with Crippen molar-refractivity contribution in [3.05, 3.63) is 86.7 Å². The summed E-state index contributed by atoms with van der Waals surface area (Å²) in [6.45, 7) is 12.8. The third-order valence-corrected chi connectivity index (χ3v) is 6.70. The number of hydrogen-bond donors (Lipinski definition) is 0. The predicted octanol–water partition coefficient (Wildman–Crippen LogP) is 7.61. The Morgan fingerprint density at radius 3 is 2.53 bits per heavy atom. The van der Waals surface area contributed by atoms with Crippen molar-refractivity contribution < 1.29 is 9.47 Å². The molecule has 1 atom stereocenters. The van der Waals surface area contributed by atoms with Gasteiger partial charge in [0.05, 0.1) is 29.8 Å². The van der Waals surface area contributed by atoms with Crippen LogP contribution in [0, 0.1) is 6.92 Å². The Kier molecular flexibility index (Phi) is 8.52. The summed E-state index contributed by atoms with van der Waals surface area (Å²) in [6.07, 6.45) is 2.48. The predicted molar refractivity (Wildman–Crippen MR) is 156 cm³/mol. The highest BCUT2D eigenvalue weighted by Gasteiger charge is 2.19. The van der Waals surface area contributed by atoms with E-state index in [1.165, 1.54) is 4.68 Å². The quantitative estimate of drug-likeness (QED) is 0.208. The molecule has 0 aliphatic heterocycles. The molecule has 0 saturated carbocycles. The monoisotopic (exact) mass is 531 g/mol. The molecule has 0 radical (unpaired) electrons. The summed E-state index contributed by atoms with van der Waals surface area (Å²) in [4.78, 5) is 18.7. The molecule has 0 spiro atoms. The number of hydrogen-bond acceptors (Lipinski definition) is 5. The molecule has 0 bridgehead atoms. The summed E-state index contributed by atoms with van der Waals surface area (Å²) in [6, 6.07) is 16.8. The van der Waals surface area contributed by atoms with Crippen LogP contribution >= 0.6 is 11.6 Å². The van der Waals surface area contributed by atoms with Gasteiger partial charge in [-0.15, -0.1) is 0 Å². The fourth-order valence-corrected chi connectivity index (χ4v) is 4.40. The Morgan fingerprint density at radius 2 is 1.82 bits per heavy atom. The lowest BCUT2D eigenvalue weighted by Crippen LogP contribution is -2.21. The second-order valence-electron chi connectivity index (χ2n) is 9.63. The molecule has 4 aromatic rings. The number of para-hydroxylation sites is 1. The Labute approximate surface area is 228 Å². The van der Waals surface area contributed by atoms with E-state index in [9.17, 15) is 4.79 Å². The van der Waals surface area contributed by atoms with Crippen LogP contribution in [0.4, 0.5) is 0 Å². The van der Waals surface area contributed by atoms with Crippen LogP contribution in [0.1, 0.15) is 63.6 Å². The molecule has 0 unspecified atom stereocenters. The van der Waals surface area contributed by atoms with Crippen molar-refractivity contribution in [2.45, 2.75) is 60.0 Å². The highest BCUT2D eigenvalue weighted by atomic mass is 35.5. The number of ether oxygens (including phenoxy) is 2. The summed E-state index contributed by atoms with van der Waals surface area (Å²) >= 11 is 6.30. The van der Waals surface area contributed by atoms with Gasteiger partial charge in [-0.05, 0) is 86.7 Å². The van der Waals surface area contributed by atoms with Gasteiger partial charge in [-0.2, -0.15) is 9.78 Å². The zero-order valence-corrected chi connectivity index (χ0v) is 23.5. The van der Waals surface area contributed by atoms with Crippen molar-refractivity contribution in [1.82, 2.24) is 9.66 Å². The highest BCUT2D eigenvalue weighted by Crippen LogP contribution is 2.34. The maximum absolute atomic E-state index is 13.7. The molecule has 38 heavy (non-hydrogen) atoms. The van der Waals surface area contributed by atoms with E-state index in [4.69, 9.17) is 26.1 Å². The smallest absolute Gasteiger partial charge is 0.282 e. The molecule has 0 saturated heterocycles. The molecule has 0 aliphatic carbocycles. The molecule has 0 fully saturated rings. The van der Waals surface area contributed by atoms with Crippen LogP contribution < -0.4 is 15.0 Å². The van der Waals surface area contributed by atoms with E-state index in [-0.39, 0.29) is 17.6 Å². The minimum Gasteiger partial charge on any atom is -0.494 e. The lowest BCUT2D eigenvalue weighted by Gasteiger charge is -2.18. The SMILES string of the molecule is CCOc1cc(C)c(-c2nc3ccccc3c(=O)n2N=Cc2cc(Cl)ccc2O[C@H](C)CC)cc1C(C)C. The Hall–Kier alpha value is -3.64. The van der Waals surface area contributed by atoms with Gasteiger partial charge in [0, 0.05) is 16.1 Å². The zero-order chi connectivity index (χ0) is 27.4. The molecule has 0 N–H and O–H groups in total. The standard InChI is InChI=1S/C31H34ClN3O3/c1-7-21(6)38-28-14-13-23(32)16-22(28)18-33-35-30(34-27-12-10-9-11-24(27)31(35)36)26-17-25(19(3)4)29(37-8-2)15-20(26)5/h9-19,21H,7-8H2,1-6H3/t21-/m1/s1. The summed E-state index contributed by atoms with van der Waals surface area (Å²) in [5, 5.41) is 5.70. The van der Waals surface area contributed by atoms with Gasteiger partial charge in [-0.25, -0.2) is 4.98 Å². The molecule has 1 aromatic heterocycles. The molecule has 198 valence electrons. The summed E-state index contributed by atoms with van der Waals surface area (Å²) in [7, 11) is 0. The van der Waals surface area contributed by atoms with Crippen LogP contribution in [0.5, 0.6) is 11.5 Å². The van der Waals surface area contributed by atoms with Crippen LogP contribution in [0.15, 0.2) is 64.5 Å². The van der Waals surface area contributed by atoms with E-state index >= 15 is 0 Å². The maximum atomic E-state index is 13.7. The average molecular weight is 532 g/mol. The number of aryl methyl sites for hydroxylation is 1. The number of halogens is 1. The van der Waals surface area contributed by atoms with Crippen LogP contribution in [-0.2, 0) is 0 Å². The fraction of sp³-hybridized carbons (Fsp3) is 0.323. The molecule has 0 aliphatic rings. The lowest BCUT2D eigenvalue weighted by atomic mass is 9.96. The van der Waals surface area contributed by atoms with Crippen molar-refractivity contribution in [3.63, 3.8) is 0 Å². The summed E-state index contributed by atoms with van der Waals surface area (Å²) in [5.74, 6) is 2.16. The zero-order valence-electron chi connectivity index (χ0n) is 22.8. The molecule has 0 amide bonds. The van der Waals surface area contributed by atoms with E-state index in [2.05, 4.69) is 31.9 Å². The average Bonchev–Trinajstić information content (AvgIpc) is 2.89. The van der Waals surface area contributed by atoms with Crippen molar-refractivity contribution >= 4 is 28.7 Å². The van der Waals surface area contributed by atoms with Gasteiger partial charge in [0.15, 0.2) is 5.82 Å². The molecule has 3 aromatic carbocycles. The minimum atomic E-state index is -0.257. The Morgan fingerprint density at radius 1 is 1.05 bits per heavy atom. The van der Waals surface area contributed by atoms with Gasteiger partial charge in [0.25, 0.3) is 5.56 Å². The minimum absolute atomic E-state index is 0.0184. The second-order valence-corrected chi connectivity index (χ2v) is 10.1. The van der Waals surface area contributed by atoms with Crippen LogP contribution in [0.3, 0.4) is 0 Å².